The van der Waals surface area contributed by atoms with Gasteiger partial charge in [-0.05, 0) is 20.8 Å². The molecule has 1 aromatic rings. The second kappa shape index (κ2) is 6.31. The van der Waals surface area contributed by atoms with Crippen molar-refractivity contribution in [1.29, 1.82) is 0 Å². The number of aryl methyl sites for hydroxylation is 1. The van der Waals surface area contributed by atoms with Crippen LogP contribution >= 0.6 is 0 Å². The Balaban J connectivity index is 2.86. The molecule has 2 N–H and O–H groups in total. The van der Waals surface area contributed by atoms with Gasteiger partial charge in [-0.25, -0.2) is 14.8 Å². The third-order valence-electron chi connectivity index (χ3n) is 2.78. The Morgan fingerprint density at radius 1 is 1.35 bits per heavy atom. The van der Waals surface area contributed by atoms with Gasteiger partial charge in [0.25, 0.3) is 0 Å². The Kier molecular flexibility index (Phi) is 5.01. The van der Waals surface area contributed by atoms with E-state index in [1.165, 1.54) is 7.11 Å². The van der Waals surface area contributed by atoms with Crippen LogP contribution in [0.2, 0.25) is 0 Å². The summed E-state index contributed by atoms with van der Waals surface area (Å²) in [6.45, 7) is 5.76. The number of hydrogen-bond acceptors (Lipinski definition) is 6. The first kappa shape index (κ1) is 15.9. The summed E-state index contributed by atoms with van der Waals surface area (Å²) in [4.78, 5) is 31.2. The molecule has 0 saturated heterocycles. The highest BCUT2D eigenvalue weighted by Crippen LogP contribution is 2.16. The van der Waals surface area contributed by atoms with Crippen LogP contribution in [0.5, 0.6) is 0 Å². The summed E-state index contributed by atoms with van der Waals surface area (Å²) in [7, 11) is 2.87. The smallest absolute Gasteiger partial charge is 0.376 e. The molecule has 110 valence electrons. The summed E-state index contributed by atoms with van der Waals surface area (Å²) in [5.74, 6) is -0.200. The van der Waals surface area contributed by atoms with Crippen LogP contribution < -0.4 is 10.6 Å². The molecule has 0 aliphatic heterocycles. The van der Waals surface area contributed by atoms with Crippen LogP contribution in [0, 0.1) is 12.3 Å². The number of rotatable bonds is 5. The Bertz CT molecular complexity index is 514. The second-order valence-corrected chi connectivity index (χ2v) is 5.03. The molecule has 1 heterocycles. The Morgan fingerprint density at radius 3 is 2.55 bits per heavy atom. The van der Waals surface area contributed by atoms with E-state index in [1.807, 2.05) is 13.8 Å². The molecule has 0 aromatic carbocycles. The SMILES string of the molecule is CNC(=O)C(C)(C)CNc1cc(C)nc(C(=O)OC)n1. The number of nitrogens with zero attached hydrogens (tertiary/aromatic N) is 2. The van der Waals surface area contributed by atoms with Gasteiger partial charge in [0.1, 0.15) is 5.82 Å². The molecule has 0 radical (unpaired) electrons. The van der Waals surface area contributed by atoms with Crippen LogP contribution in [0.15, 0.2) is 6.07 Å². The number of carbonyl (C=O) groups excluding carboxylic acids is 2. The van der Waals surface area contributed by atoms with Crippen LogP contribution in [-0.2, 0) is 9.53 Å². The predicted octanol–water partition coefficient (Wildman–Crippen LogP) is 0.756. The van der Waals surface area contributed by atoms with Crippen molar-refractivity contribution in [1.82, 2.24) is 15.3 Å². The molecule has 0 bridgehead atoms. The van der Waals surface area contributed by atoms with Crippen molar-refractivity contribution in [3.63, 3.8) is 0 Å². The summed E-state index contributed by atoms with van der Waals surface area (Å²) in [5, 5.41) is 5.65. The van der Waals surface area contributed by atoms with Gasteiger partial charge in [-0.15, -0.1) is 0 Å². The quantitative estimate of drug-likeness (QED) is 0.773. The largest absolute Gasteiger partial charge is 0.463 e. The van der Waals surface area contributed by atoms with E-state index in [9.17, 15) is 9.59 Å². The first-order valence-electron chi connectivity index (χ1n) is 6.20. The molecular weight excluding hydrogens is 260 g/mol. The van der Waals surface area contributed by atoms with Gasteiger partial charge < -0.3 is 15.4 Å². The molecule has 0 spiro atoms. The van der Waals surface area contributed by atoms with Crippen LogP contribution in [0.25, 0.3) is 0 Å². The zero-order valence-corrected chi connectivity index (χ0v) is 12.4. The summed E-state index contributed by atoms with van der Waals surface area (Å²) >= 11 is 0. The number of nitrogens with one attached hydrogen (secondary N) is 2. The van der Waals surface area contributed by atoms with Crippen molar-refractivity contribution in [3.05, 3.63) is 17.6 Å². The molecule has 0 aliphatic rings. The molecular formula is C13H20N4O3. The van der Waals surface area contributed by atoms with Gasteiger partial charge >= 0.3 is 5.97 Å². The highest BCUT2D eigenvalue weighted by molar-refractivity contribution is 5.85. The summed E-state index contributed by atoms with van der Waals surface area (Å²) in [5.41, 5.74) is 0.0413. The van der Waals surface area contributed by atoms with Crippen LogP contribution in [0.1, 0.15) is 30.2 Å². The van der Waals surface area contributed by atoms with Crippen molar-refractivity contribution >= 4 is 17.7 Å². The van der Waals surface area contributed by atoms with Crippen molar-refractivity contribution in [2.75, 3.05) is 26.0 Å². The first-order valence-corrected chi connectivity index (χ1v) is 6.20. The standard InChI is InChI=1S/C13H20N4O3/c1-8-6-9(17-10(16-8)11(18)20-5)15-7-13(2,3)12(19)14-4/h6H,7H2,1-5H3,(H,14,19)(H,15,16,17). The minimum absolute atomic E-state index is 0.00671. The molecule has 0 fully saturated rings. The van der Waals surface area contributed by atoms with Gasteiger partial charge in [0.05, 0.1) is 12.5 Å². The fraction of sp³-hybridized carbons (Fsp3) is 0.538. The number of carbonyl (C=O) groups is 2. The third kappa shape index (κ3) is 3.91. The maximum atomic E-state index is 11.7. The molecule has 0 unspecified atom stereocenters. The number of esters is 1. The number of aromatic nitrogens is 2. The second-order valence-electron chi connectivity index (χ2n) is 5.03. The van der Waals surface area contributed by atoms with E-state index in [2.05, 4.69) is 25.3 Å². The van der Waals surface area contributed by atoms with Crippen LogP contribution in [0.3, 0.4) is 0 Å². The lowest BCUT2D eigenvalue weighted by atomic mass is 9.92. The molecule has 1 amide bonds. The molecule has 0 atom stereocenters. The zero-order valence-electron chi connectivity index (χ0n) is 12.4. The molecule has 20 heavy (non-hydrogen) atoms. The monoisotopic (exact) mass is 280 g/mol. The van der Waals surface area contributed by atoms with Gasteiger partial charge in [0.15, 0.2) is 0 Å². The van der Waals surface area contributed by atoms with E-state index in [0.717, 1.165) is 0 Å². The topological polar surface area (TPSA) is 93.2 Å². The fourth-order valence-electron chi connectivity index (χ4n) is 1.57. The van der Waals surface area contributed by atoms with E-state index in [4.69, 9.17) is 0 Å². The average Bonchev–Trinajstić information content (AvgIpc) is 2.42. The Hall–Kier alpha value is -2.18. The summed E-state index contributed by atoms with van der Waals surface area (Å²) < 4.78 is 4.59. The molecule has 1 rings (SSSR count). The maximum absolute atomic E-state index is 11.7. The number of methoxy groups -OCH3 is 1. The summed E-state index contributed by atoms with van der Waals surface area (Å²) in [6, 6.07) is 1.70. The number of ether oxygens (including phenoxy) is 1. The lowest BCUT2D eigenvalue weighted by molar-refractivity contribution is -0.128. The lowest BCUT2D eigenvalue weighted by Crippen LogP contribution is -2.39. The molecule has 7 heteroatoms. The number of anilines is 1. The van der Waals surface area contributed by atoms with E-state index in [1.54, 1.807) is 20.0 Å². The maximum Gasteiger partial charge on any atom is 0.376 e. The van der Waals surface area contributed by atoms with E-state index < -0.39 is 11.4 Å². The molecule has 1 aromatic heterocycles. The minimum atomic E-state index is -0.598. The van der Waals surface area contributed by atoms with Crippen molar-refractivity contribution < 1.29 is 14.3 Å². The van der Waals surface area contributed by atoms with Gasteiger partial charge in [-0.1, -0.05) is 0 Å². The lowest BCUT2D eigenvalue weighted by Gasteiger charge is -2.23. The normalized spacial score (nSPS) is 10.8. The molecule has 7 nitrogen and oxygen atoms in total. The third-order valence-corrected chi connectivity index (χ3v) is 2.78. The molecule has 0 aliphatic carbocycles. The van der Waals surface area contributed by atoms with E-state index in [-0.39, 0.29) is 11.7 Å². The van der Waals surface area contributed by atoms with Crippen LogP contribution in [-0.4, -0.2) is 42.5 Å². The van der Waals surface area contributed by atoms with Gasteiger partial charge in [0, 0.05) is 25.4 Å². The highest BCUT2D eigenvalue weighted by atomic mass is 16.5. The van der Waals surface area contributed by atoms with Crippen molar-refractivity contribution in [2.45, 2.75) is 20.8 Å². The molecule has 0 saturated carbocycles. The number of hydrogen-bond donors (Lipinski definition) is 2. The zero-order chi connectivity index (χ0) is 15.3. The van der Waals surface area contributed by atoms with Gasteiger partial charge in [-0.2, -0.15) is 0 Å². The van der Waals surface area contributed by atoms with Crippen molar-refractivity contribution in [3.8, 4) is 0 Å². The first-order chi connectivity index (χ1) is 9.30. The Morgan fingerprint density at radius 2 is 2.00 bits per heavy atom. The highest BCUT2D eigenvalue weighted by Gasteiger charge is 2.26. The predicted molar refractivity (Wildman–Crippen MR) is 74.4 cm³/mol. The van der Waals surface area contributed by atoms with Gasteiger partial charge in [0.2, 0.25) is 11.7 Å². The van der Waals surface area contributed by atoms with Gasteiger partial charge in [-0.3, -0.25) is 4.79 Å². The average molecular weight is 280 g/mol. The Labute approximate surface area is 118 Å². The van der Waals surface area contributed by atoms with E-state index in [0.29, 0.717) is 18.1 Å². The minimum Gasteiger partial charge on any atom is -0.463 e. The fourth-order valence-corrected chi connectivity index (χ4v) is 1.57. The number of amides is 1. The van der Waals surface area contributed by atoms with Crippen LogP contribution in [0.4, 0.5) is 5.82 Å². The van der Waals surface area contributed by atoms with E-state index >= 15 is 0 Å². The summed E-state index contributed by atoms with van der Waals surface area (Å²) in [6.07, 6.45) is 0. The van der Waals surface area contributed by atoms with Crippen molar-refractivity contribution in [2.24, 2.45) is 5.41 Å².